The van der Waals surface area contributed by atoms with Gasteiger partial charge in [0, 0.05) is 46.1 Å². The van der Waals surface area contributed by atoms with Gasteiger partial charge >= 0.3 is 0 Å². The average molecular weight is 481 g/mol. The van der Waals surface area contributed by atoms with Gasteiger partial charge in [0.15, 0.2) is 6.40 Å². The van der Waals surface area contributed by atoms with E-state index >= 15 is 0 Å². The first-order chi connectivity index (χ1) is 18.3. The number of rotatable bonds is 6. The SMILES string of the molecule is OC=Nc1ccccc1-c1cccc(N(c2ccccc2)c2cccc(-n3ccc4cccnc43)c2)c1. The minimum atomic E-state index is 0.711. The number of para-hydroxylation sites is 2. The first-order valence-corrected chi connectivity index (χ1v) is 12.1. The Balaban J connectivity index is 1.49. The van der Waals surface area contributed by atoms with Crippen molar-refractivity contribution in [1.29, 1.82) is 0 Å². The van der Waals surface area contributed by atoms with Crippen molar-refractivity contribution in [1.82, 2.24) is 9.55 Å². The third kappa shape index (κ3) is 4.34. The summed E-state index contributed by atoms with van der Waals surface area (Å²) in [6.07, 6.45) is 4.72. The molecule has 0 atom stereocenters. The summed E-state index contributed by atoms with van der Waals surface area (Å²) < 4.78 is 2.11. The summed E-state index contributed by atoms with van der Waals surface area (Å²) in [5, 5.41) is 10.4. The van der Waals surface area contributed by atoms with Crippen molar-refractivity contribution >= 4 is 40.2 Å². The standard InChI is InChI=1S/C32H24N4O/c37-23-34-31-17-5-4-16-30(31)25-9-6-14-28(21-25)36(26-11-2-1-3-12-26)29-15-7-13-27(22-29)35-20-18-24-10-8-19-33-32(24)35/h1-23H,(H,34,37). The molecular weight excluding hydrogens is 456 g/mol. The molecule has 178 valence electrons. The molecule has 0 fully saturated rings. The fourth-order valence-corrected chi connectivity index (χ4v) is 4.69. The number of nitrogens with zero attached hydrogens (tertiary/aromatic N) is 4. The third-order valence-electron chi connectivity index (χ3n) is 6.34. The molecule has 0 saturated carbocycles. The second-order valence-electron chi connectivity index (χ2n) is 8.60. The van der Waals surface area contributed by atoms with Crippen LogP contribution in [-0.4, -0.2) is 21.1 Å². The molecule has 37 heavy (non-hydrogen) atoms. The van der Waals surface area contributed by atoms with Gasteiger partial charge in [-0.25, -0.2) is 9.98 Å². The number of hydrogen-bond acceptors (Lipinski definition) is 3. The Bertz CT molecular complexity index is 1710. The van der Waals surface area contributed by atoms with E-state index in [-0.39, 0.29) is 0 Å². The number of pyridine rings is 1. The monoisotopic (exact) mass is 480 g/mol. The van der Waals surface area contributed by atoms with Gasteiger partial charge in [0.1, 0.15) is 5.65 Å². The van der Waals surface area contributed by atoms with Gasteiger partial charge in [-0.1, -0.05) is 54.6 Å². The highest BCUT2D eigenvalue weighted by molar-refractivity contribution is 5.84. The van der Waals surface area contributed by atoms with Crippen molar-refractivity contribution in [3.05, 3.63) is 134 Å². The number of anilines is 3. The Labute approximate surface area is 215 Å². The fraction of sp³-hybridized carbons (Fsp3) is 0. The molecule has 0 unspecified atom stereocenters. The molecule has 0 radical (unpaired) electrons. The number of aromatic nitrogens is 2. The largest absolute Gasteiger partial charge is 0.499 e. The molecule has 2 heterocycles. The predicted octanol–water partition coefficient (Wildman–Crippen LogP) is 8.38. The van der Waals surface area contributed by atoms with Gasteiger partial charge in [0.25, 0.3) is 0 Å². The summed E-state index contributed by atoms with van der Waals surface area (Å²) in [5.41, 5.74) is 7.72. The van der Waals surface area contributed by atoms with E-state index in [1.807, 2.05) is 60.8 Å². The van der Waals surface area contributed by atoms with E-state index in [0.29, 0.717) is 5.69 Å². The van der Waals surface area contributed by atoms with Crippen molar-refractivity contribution < 1.29 is 5.11 Å². The van der Waals surface area contributed by atoms with Crippen molar-refractivity contribution in [3.63, 3.8) is 0 Å². The van der Waals surface area contributed by atoms with Crippen LogP contribution in [0, 0.1) is 0 Å². The van der Waals surface area contributed by atoms with Crippen LogP contribution in [0.4, 0.5) is 22.7 Å². The number of aliphatic hydroxyl groups excluding tert-OH is 1. The average Bonchev–Trinajstić information content (AvgIpc) is 3.39. The zero-order valence-electron chi connectivity index (χ0n) is 20.0. The molecule has 0 amide bonds. The lowest BCUT2D eigenvalue weighted by Crippen LogP contribution is -2.10. The van der Waals surface area contributed by atoms with E-state index in [4.69, 9.17) is 0 Å². The van der Waals surface area contributed by atoms with Crippen LogP contribution in [-0.2, 0) is 0 Å². The summed E-state index contributed by atoms with van der Waals surface area (Å²) in [6, 6.07) is 41.1. The second-order valence-corrected chi connectivity index (χ2v) is 8.60. The molecule has 0 aliphatic rings. The molecule has 0 aliphatic heterocycles. The van der Waals surface area contributed by atoms with Crippen LogP contribution in [0.5, 0.6) is 0 Å². The maximum Gasteiger partial charge on any atom is 0.171 e. The highest BCUT2D eigenvalue weighted by atomic mass is 16.3. The lowest BCUT2D eigenvalue weighted by Gasteiger charge is -2.26. The second kappa shape index (κ2) is 9.84. The van der Waals surface area contributed by atoms with Gasteiger partial charge in [0.05, 0.1) is 5.69 Å². The topological polar surface area (TPSA) is 53.7 Å². The number of benzene rings is 4. The maximum atomic E-state index is 9.30. The van der Waals surface area contributed by atoms with E-state index in [0.717, 1.165) is 51.3 Å². The highest BCUT2D eigenvalue weighted by Gasteiger charge is 2.15. The van der Waals surface area contributed by atoms with E-state index in [1.54, 1.807) is 0 Å². The zero-order valence-corrected chi connectivity index (χ0v) is 20.0. The van der Waals surface area contributed by atoms with Gasteiger partial charge < -0.3 is 14.6 Å². The molecule has 5 heteroatoms. The quantitative estimate of drug-likeness (QED) is 0.192. The van der Waals surface area contributed by atoms with Gasteiger partial charge in [-0.3, -0.25) is 0 Å². The third-order valence-corrected chi connectivity index (χ3v) is 6.34. The molecule has 0 spiro atoms. The zero-order chi connectivity index (χ0) is 25.0. The summed E-state index contributed by atoms with van der Waals surface area (Å²) in [5.74, 6) is 0. The summed E-state index contributed by atoms with van der Waals surface area (Å²) >= 11 is 0. The molecule has 5 nitrogen and oxygen atoms in total. The van der Waals surface area contributed by atoms with E-state index in [1.165, 1.54) is 0 Å². The van der Waals surface area contributed by atoms with Gasteiger partial charge in [-0.05, 0) is 72.3 Å². The summed E-state index contributed by atoms with van der Waals surface area (Å²) in [4.78, 5) is 11.0. The van der Waals surface area contributed by atoms with Crippen LogP contribution in [0.3, 0.4) is 0 Å². The Morgan fingerprint density at radius 3 is 2.32 bits per heavy atom. The molecule has 4 aromatic carbocycles. The summed E-state index contributed by atoms with van der Waals surface area (Å²) in [7, 11) is 0. The lowest BCUT2D eigenvalue weighted by atomic mass is 10.0. The van der Waals surface area contributed by atoms with Crippen molar-refractivity contribution in [2.75, 3.05) is 4.90 Å². The van der Waals surface area contributed by atoms with Crippen LogP contribution in [0.25, 0.3) is 27.8 Å². The molecule has 2 aromatic heterocycles. The van der Waals surface area contributed by atoms with Crippen LogP contribution < -0.4 is 4.90 Å². The number of hydrogen-bond donors (Lipinski definition) is 1. The lowest BCUT2D eigenvalue weighted by molar-refractivity contribution is 0.580. The van der Waals surface area contributed by atoms with Gasteiger partial charge in [-0.15, -0.1) is 0 Å². The molecule has 6 aromatic rings. The highest BCUT2D eigenvalue weighted by Crippen LogP contribution is 2.39. The molecule has 1 N–H and O–H groups in total. The molecule has 0 bridgehead atoms. The normalized spacial score (nSPS) is 11.2. The maximum absolute atomic E-state index is 9.30. The van der Waals surface area contributed by atoms with Crippen LogP contribution in [0.15, 0.2) is 139 Å². The summed E-state index contributed by atoms with van der Waals surface area (Å²) in [6.45, 7) is 0. The molecule has 0 aliphatic carbocycles. The van der Waals surface area contributed by atoms with Crippen molar-refractivity contribution in [3.8, 4) is 16.8 Å². The minimum Gasteiger partial charge on any atom is -0.499 e. The van der Waals surface area contributed by atoms with E-state index in [2.05, 4.69) is 92.4 Å². The Kier molecular flexibility index (Phi) is 5.93. The van der Waals surface area contributed by atoms with Crippen LogP contribution >= 0.6 is 0 Å². The first-order valence-electron chi connectivity index (χ1n) is 12.1. The van der Waals surface area contributed by atoms with Crippen LogP contribution in [0.1, 0.15) is 0 Å². The van der Waals surface area contributed by atoms with Crippen molar-refractivity contribution in [2.45, 2.75) is 0 Å². The van der Waals surface area contributed by atoms with Gasteiger partial charge in [-0.2, -0.15) is 0 Å². The fourth-order valence-electron chi connectivity index (χ4n) is 4.69. The Morgan fingerprint density at radius 1 is 0.703 bits per heavy atom. The number of aliphatic hydroxyl groups is 1. The first kappa shape index (κ1) is 22.3. The minimum absolute atomic E-state index is 0.711. The molecule has 6 rings (SSSR count). The number of aliphatic imine (C=N–C) groups is 1. The molecular formula is C32H24N4O. The van der Waals surface area contributed by atoms with Gasteiger partial charge in [0.2, 0.25) is 0 Å². The van der Waals surface area contributed by atoms with E-state index < -0.39 is 0 Å². The van der Waals surface area contributed by atoms with Crippen molar-refractivity contribution in [2.24, 2.45) is 4.99 Å². The Hall–Kier alpha value is -5.16. The van der Waals surface area contributed by atoms with E-state index in [9.17, 15) is 5.11 Å². The predicted molar refractivity (Wildman–Crippen MR) is 152 cm³/mol. The van der Waals surface area contributed by atoms with Crippen LogP contribution in [0.2, 0.25) is 0 Å². The smallest absolute Gasteiger partial charge is 0.171 e. The Morgan fingerprint density at radius 2 is 1.46 bits per heavy atom. The number of fused-ring (bicyclic) bond motifs is 1. The molecule has 0 saturated heterocycles.